The van der Waals surface area contributed by atoms with Crippen LogP contribution < -0.4 is 5.73 Å². The summed E-state index contributed by atoms with van der Waals surface area (Å²) in [5.74, 6) is -0.561. The fraction of sp³-hybridized carbons (Fsp3) is 0.571. The molecule has 1 aliphatic heterocycles. The largest absolute Gasteiger partial charge is 0.326 e. The van der Waals surface area contributed by atoms with Gasteiger partial charge in [-0.25, -0.2) is 12.8 Å². The molecule has 0 unspecified atom stereocenters. The average molecular weight is 315 g/mol. The first-order valence-electron chi connectivity index (χ1n) is 7.01. The second-order valence-electron chi connectivity index (χ2n) is 5.56. The van der Waals surface area contributed by atoms with Crippen molar-refractivity contribution < 1.29 is 12.8 Å². The number of hydrogen-bond acceptors (Lipinski definition) is 4. The van der Waals surface area contributed by atoms with Gasteiger partial charge in [-0.15, -0.1) is 0 Å². The summed E-state index contributed by atoms with van der Waals surface area (Å²) < 4.78 is 40.2. The molecule has 0 radical (unpaired) electrons. The van der Waals surface area contributed by atoms with Gasteiger partial charge in [-0.1, -0.05) is 6.07 Å². The van der Waals surface area contributed by atoms with Crippen LogP contribution in [0.2, 0.25) is 0 Å². The molecule has 21 heavy (non-hydrogen) atoms. The first-order chi connectivity index (χ1) is 9.86. The topological polar surface area (TPSA) is 66.6 Å². The highest BCUT2D eigenvalue weighted by molar-refractivity contribution is 7.89. The molecular formula is C14H22FN3O2S. The maximum absolute atomic E-state index is 13.4. The maximum Gasteiger partial charge on any atom is 0.243 e. The summed E-state index contributed by atoms with van der Waals surface area (Å²) >= 11 is 0. The fourth-order valence-electron chi connectivity index (χ4n) is 2.68. The van der Waals surface area contributed by atoms with E-state index in [1.165, 1.54) is 16.4 Å². The van der Waals surface area contributed by atoms with Crippen LogP contribution in [-0.4, -0.2) is 50.8 Å². The van der Waals surface area contributed by atoms with Crippen molar-refractivity contribution in [2.75, 3.05) is 27.2 Å². The van der Waals surface area contributed by atoms with E-state index >= 15 is 0 Å². The lowest BCUT2D eigenvalue weighted by molar-refractivity contribution is 0.196. The molecule has 5 nitrogen and oxygen atoms in total. The number of benzene rings is 1. The van der Waals surface area contributed by atoms with Gasteiger partial charge in [0, 0.05) is 25.7 Å². The summed E-state index contributed by atoms with van der Waals surface area (Å²) in [5, 5.41) is 0. The van der Waals surface area contributed by atoms with Gasteiger partial charge in [-0.3, -0.25) is 0 Å². The normalized spacial score (nSPS) is 18.3. The smallest absolute Gasteiger partial charge is 0.243 e. The molecule has 0 bridgehead atoms. The van der Waals surface area contributed by atoms with Crippen molar-refractivity contribution in [3.63, 3.8) is 0 Å². The first kappa shape index (κ1) is 16.4. The Morgan fingerprint density at radius 1 is 1.33 bits per heavy atom. The zero-order chi connectivity index (χ0) is 15.6. The third-order valence-corrected chi connectivity index (χ3v) is 6.00. The van der Waals surface area contributed by atoms with E-state index in [-0.39, 0.29) is 11.4 Å². The Morgan fingerprint density at radius 3 is 2.48 bits per heavy atom. The van der Waals surface area contributed by atoms with E-state index < -0.39 is 15.8 Å². The van der Waals surface area contributed by atoms with Crippen molar-refractivity contribution in [1.29, 1.82) is 0 Å². The third-order valence-electron chi connectivity index (χ3n) is 4.02. The Bertz CT molecular complexity index is 596. The average Bonchev–Trinajstić information content (AvgIpc) is 2.47. The van der Waals surface area contributed by atoms with Crippen molar-refractivity contribution >= 4 is 10.0 Å². The minimum Gasteiger partial charge on any atom is -0.326 e. The third kappa shape index (κ3) is 3.42. The molecule has 1 aromatic rings. The van der Waals surface area contributed by atoms with Gasteiger partial charge in [0.25, 0.3) is 0 Å². The van der Waals surface area contributed by atoms with Gasteiger partial charge in [-0.05, 0) is 44.6 Å². The Kier molecular flexibility index (Phi) is 4.98. The molecule has 118 valence electrons. The standard InChI is InChI=1S/C14H22FN3O2S/c1-17(2)13-5-7-18(8-6-13)21(19,20)14-9-12(15)4-3-11(14)10-16/h3-4,9,13H,5-8,10,16H2,1-2H3. The minimum absolute atomic E-state index is 0.00620. The Balaban J connectivity index is 2.25. The van der Waals surface area contributed by atoms with Gasteiger partial charge in [0.1, 0.15) is 5.82 Å². The van der Waals surface area contributed by atoms with Gasteiger partial charge in [0.05, 0.1) is 4.90 Å². The Labute approximate surface area is 125 Å². The van der Waals surface area contributed by atoms with Gasteiger partial charge in [-0.2, -0.15) is 4.31 Å². The molecule has 1 aliphatic rings. The lowest BCUT2D eigenvalue weighted by Crippen LogP contribution is -2.44. The molecule has 1 saturated heterocycles. The molecule has 0 aromatic heterocycles. The molecule has 1 aromatic carbocycles. The van der Waals surface area contributed by atoms with E-state index in [4.69, 9.17) is 5.73 Å². The van der Waals surface area contributed by atoms with Gasteiger partial charge in [0.2, 0.25) is 10.0 Å². The number of nitrogens with two attached hydrogens (primary N) is 1. The molecule has 0 amide bonds. The predicted molar refractivity (Wildman–Crippen MR) is 79.8 cm³/mol. The van der Waals surface area contributed by atoms with Crippen LogP contribution in [0.3, 0.4) is 0 Å². The van der Waals surface area contributed by atoms with Crippen molar-refractivity contribution in [3.8, 4) is 0 Å². The van der Waals surface area contributed by atoms with Crippen molar-refractivity contribution in [3.05, 3.63) is 29.6 Å². The SMILES string of the molecule is CN(C)C1CCN(S(=O)(=O)c2cc(F)ccc2CN)CC1. The number of halogens is 1. The highest BCUT2D eigenvalue weighted by atomic mass is 32.2. The van der Waals surface area contributed by atoms with Crippen LogP contribution in [0.15, 0.2) is 23.1 Å². The van der Waals surface area contributed by atoms with Gasteiger partial charge < -0.3 is 10.6 Å². The lowest BCUT2D eigenvalue weighted by atomic mass is 10.1. The van der Waals surface area contributed by atoms with Crippen LogP contribution >= 0.6 is 0 Å². The summed E-state index contributed by atoms with van der Waals surface area (Å²) in [6, 6.07) is 4.13. The minimum atomic E-state index is -3.68. The van der Waals surface area contributed by atoms with Crippen molar-refractivity contribution in [2.24, 2.45) is 5.73 Å². The summed E-state index contributed by atoms with van der Waals surface area (Å²) in [6.45, 7) is 0.973. The highest BCUT2D eigenvalue weighted by Gasteiger charge is 2.31. The fourth-order valence-corrected chi connectivity index (χ4v) is 4.39. The number of nitrogens with zero attached hydrogens (tertiary/aromatic N) is 2. The van der Waals surface area contributed by atoms with Crippen molar-refractivity contribution in [1.82, 2.24) is 9.21 Å². The highest BCUT2D eigenvalue weighted by Crippen LogP contribution is 2.25. The molecule has 0 aliphatic carbocycles. The molecule has 1 fully saturated rings. The van der Waals surface area contributed by atoms with E-state index in [1.54, 1.807) is 0 Å². The summed E-state index contributed by atoms with van der Waals surface area (Å²) in [4.78, 5) is 2.10. The monoisotopic (exact) mass is 315 g/mol. The molecule has 1 heterocycles. The number of sulfonamides is 1. The van der Waals surface area contributed by atoms with Crippen LogP contribution in [-0.2, 0) is 16.6 Å². The Morgan fingerprint density at radius 2 is 1.95 bits per heavy atom. The molecular weight excluding hydrogens is 293 g/mol. The van der Waals surface area contributed by atoms with E-state index in [1.807, 2.05) is 14.1 Å². The van der Waals surface area contributed by atoms with Gasteiger partial charge in [0.15, 0.2) is 0 Å². The molecule has 2 N–H and O–H groups in total. The van der Waals surface area contributed by atoms with E-state index in [9.17, 15) is 12.8 Å². The molecule has 7 heteroatoms. The quantitative estimate of drug-likeness (QED) is 0.900. The Hall–Kier alpha value is -1.02. The number of hydrogen-bond donors (Lipinski definition) is 1. The second kappa shape index (κ2) is 6.39. The first-order valence-corrected chi connectivity index (χ1v) is 8.45. The van der Waals surface area contributed by atoms with E-state index in [2.05, 4.69) is 4.90 Å². The molecule has 0 spiro atoms. The maximum atomic E-state index is 13.4. The predicted octanol–water partition coefficient (Wildman–Crippen LogP) is 0.999. The van der Waals surface area contributed by atoms with E-state index in [0.717, 1.165) is 18.9 Å². The van der Waals surface area contributed by atoms with Crippen LogP contribution in [0.4, 0.5) is 4.39 Å². The van der Waals surface area contributed by atoms with Crippen LogP contribution in [0.5, 0.6) is 0 Å². The number of piperidine rings is 1. The summed E-state index contributed by atoms with van der Waals surface area (Å²) in [6.07, 6.45) is 1.55. The number of rotatable bonds is 4. The van der Waals surface area contributed by atoms with Gasteiger partial charge >= 0.3 is 0 Å². The second-order valence-corrected chi connectivity index (χ2v) is 7.46. The van der Waals surface area contributed by atoms with Crippen LogP contribution in [0.25, 0.3) is 0 Å². The lowest BCUT2D eigenvalue weighted by Gasteiger charge is -2.34. The molecule has 2 rings (SSSR count). The molecule has 0 saturated carbocycles. The zero-order valence-electron chi connectivity index (χ0n) is 12.4. The summed E-state index contributed by atoms with van der Waals surface area (Å²) in [5.41, 5.74) is 6.03. The summed E-state index contributed by atoms with van der Waals surface area (Å²) in [7, 11) is 0.306. The van der Waals surface area contributed by atoms with E-state index in [0.29, 0.717) is 24.7 Å². The molecule has 0 atom stereocenters. The van der Waals surface area contributed by atoms with Crippen LogP contribution in [0, 0.1) is 5.82 Å². The van der Waals surface area contributed by atoms with Crippen LogP contribution in [0.1, 0.15) is 18.4 Å². The van der Waals surface area contributed by atoms with Crippen molar-refractivity contribution in [2.45, 2.75) is 30.3 Å². The zero-order valence-corrected chi connectivity index (χ0v) is 13.2.